The number of urea groups is 1. The monoisotopic (exact) mass is 1030 g/mol. The van der Waals surface area contributed by atoms with Crippen molar-refractivity contribution in [1.29, 1.82) is 0 Å². The first-order valence-electron chi connectivity index (χ1n) is 25.9. The number of imide groups is 1. The molecular formula is C64H59N5O8. The fraction of sp³-hybridized carbons (Fsp3) is 0.250. The molecule has 0 bridgehead atoms. The molecule has 0 saturated carbocycles. The number of esters is 1. The zero-order valence-electron chi connectivity index (χ0n) is 43.3. The van der Waals surface area contributed by atoms with E-state index in [9.17, 15) is 5.11 Å². The van der Waals surface area contributed by atoms with Crippen LogP contribution in [0.2, 0.25) is 0 Å². The van der Waals surface area contributed by atoms with Gasteiger partial charge in [-0.25, -0.2) is 9.69 Å². The second kappa shape index (κ2) is 21.1. The fourth-order valence-corrected chi connectivity index (χ4v) is 12.2. The lowest BCUT2D eigenvalue weighted by molar-refractivity contribution is -0.179. The average Bonchev–Trinajstić information content (AvgIpc) is 3.57. The molecule has 4 aliphatic rings. The van der Waals surface area contributed by atoms with Gasteiger partial charge >= 0.3 is 12.0 Å². The molecule has 0 aromatic heterocycles. The maximum atomic E-state index is 17.0. The quantitative estimate of drug-likeness (QED) is 0.0951. The van der Waals surface area contributed by atoms with Gasteiger partial charge < -0.3 is 29.5 Å². The second-order valence-electron chi connectivity index (χ2n) is 20.3. The van der Waals surface area contributed by atoms with Gasteiger partial charge in [-0.05, 0) is 107 Å². The topological polar surface area (TPSA) is 141 Å². The predicted molar refractivity (Wildman–Crippen MR) is 292 cm³/mol. The van der Waals surface area contributed by atoms with Gasteiger partial charge in [-0.3, -0.25) is 24.2 Å². The SMILES string of the molecule is COc1cc2c(cc1OC)CN(C(=O)C1C3C(=O)OC(c4ccccc4)C(c4ccccc4)N3C(c3ccc(O)cc3)C13C(=O)N(C(=O)NC(C)c1ccccc1)c1ccc(C#CCN(C)Cc4ccccc4)cc13)CC2. The van der Waals surface area contributed by atoms with Crippen molar-refractivity contribution in [1.82, 2.24) is 20.0 Å². The summed E-state index contributed by atoms with van der Waals surface area (Å²) < 4.78 is 18.1. The molecule has 7 aromatic rings. The molecule has 2 N–H and O–H groups in total. The van der Waals surface area contributed by atoms with E-state index < -0.39 is 65.4 Å². The van der Waals surface area contributed by atoms with Crippen LogP contribution in [-0.4, -0.2) is 84.0 Å². The number of aromatic hydroxyl groups is 1. The summed E-state index contributed by atoms with van der Waals surface area (Å²) in [6.45, 7) is 3.30. The van der Waals surface area contributed by atoms with Crippen LogP contribution in [0, 0.1) is 17.8 Å². The van der Waals surface area contributed by atoms with E-state index in [1.165, 1.54) is 0 Å². The Morgan fingerprint density at radius 1 is 0.766 bits per heavy atom. The Kier molecular flexibility index (Phi) is 13.9. The molecule has 77 heavy (non-hydrogen) atoms. The molecule has 4 aliphatic heterocycles. The van der Waals surface area contributed by atoms with Gasteiger partial charge in [0.15, 0.2) is 11.5 Å². The number of hydrogen-bond donors (Lipinski definition) is 2. The van der Waals surface area contributed by atoms with Crippen LogP contribution in [0.3, 0.4) is 0 Å². The number of cyclic esters (lactones) is 1. The number of phenols is 1. The minimum Gasteiger partial charge on any atom is -0.508 e. The van der Waals surface area contributed by atoms with E-state index in [0.29, 0.717) is 53.3 Å². The Labute approximate surface area is 448 Å². The fourth-order valence-electron chi connectivity index (χ4n) is 12.2. The molecular weight excluding hydrogens is 967 g/mol. The van der Waals surface area contributed by atoms with Crippen LogP contribution in [-0.2, 0) is 44.0 Å². The van der Waals surface area contributed by atoms with Gasteiger partial charge in [-0.2, -0.15) is 0 Å². The number of hydrogen-bond acceptors (Lipinski definition) is 10. The van der Waals surface area contributed by atoms with Crippen LogP contribution < -0.4 is 19.7 Å². The molecule has 388 valence electrons. The highest BCUT2D eigenvalue weighted by Gasteiger charge is 2.76. The van der Waals surface area contributed by atoms with E-state index >= 15 is 19.2 Å². The predicted octanol–water partition coefficient (Wildman–Crippen LogP) is 9.61. The summed E-state index contributed by atoms with van der Waals surface area (Å²) >= 11 is 0. The van der Waals surface area contributed by atoms with Crippen molar-refractivity contribution in [2.24, 2.45) is 5.92 Å². The van der Waals surface area contributed by atoms with Crippen molar-refractivity contribution in [3.8, 4) is 29.1 Å². The molecule has 1 spiro atoms. The van der Waals surface area contributed by atoms with Crippen molar-refractivity contribution < 1.29 is 38.5 Å². The molecule has 2 fully saturated rings. The number of methoxy groups -OCH3 is 2. The van der Waals surface area contributed by atoms with Crippen molar-refractivity contribution in [3.63, 3.8) is 0 Å². The number of ether oxygens (including phenoxy) is 3. The highest BCUT2D eigenvalue weighted by atomic mass is 16.6. The minimum absolute atomic E-state index is 0.0207. The van der Waals surface area contributed by atoms with Crippen LogP contribution in [0.1, 0.15) is 81.2 Å². The zero-order valence-corrected chi connectivity index (χ0v) is 43.3. The van der Waals surface area contributed by atoms with Crippen LogP contribution in [0.5, 0.6) is 17.2 Å². The molecule has 4 heterocycles. The first-order chi connectivity index (χ1) is 37.5. The van der Waals surface area contributed by atoms with Crippen LogP contribution in [0.25, 0.3) is 0 Å². The largest absolute Gasteiger partial charge is 0.508 e. The molecule has 4 amide bonds. The van der Waals surface area contributed by atoms with Gasteiger partial charge in [-0.15, -0.1) is 0 Å². The normalized spacial score (nSPS) is 21.8. The van der Waals surface area contributed by atoms with Crippen molar-refractivity contribution >= 4 is 29.5 Å². The van der Waals surface area contributed by atoms with E-state index in [0.717, 1.165) is 32.7 Å². The van der Waals surface area contributed by atoms with Gasteiger partial charge in [0.2, 0.25) is 11.8 Å². The summed E-state index contributed by atoms with van der Waals surface area (Å²) in [5.41, 5.74) is 4.91. The number of nitrogens with zero attached hydrogens (tertiary/aromatic N) is 4. The Balaban J connectivity index is 1.15. The lowest BCUT2D eigenvalue weighted by atomic mass is 9.64. The van der Waals surface area contributed by atoms with Gasteiger partial charge in [-0.1, -0.05) is 145 Å². The lowest BCUT2D eigenvalue weighted by Gasteiger charge is -2.46. The van der Waals surface area contributed by atoms with Crippen molar-refractivity contribution in [2.45, 2.75) is 62.1 Å². The number of rotatable bonds is 11. The van der Waals surface area contributed by atoms with E-state index in [4.69, 9.17) is 14.2 Å². The van der Waals surface area contributed by atoms with Crippen LogP contribution in [0.4, 0.5) is 10.5 Å². The number of benzene rings is 7. The molecule has 13 heteroatoms. The zero-order chi connectivity index (χ0) is 53.4. The number of nitrogens with one attached hydrogen (secondary N) is 1. The molecule has 11 rings (SSSR count). The standard InChI is InChI=1S/C64H59N5O8/c1-41(44-21-11-6-12-22-44)65-63(74)68-52-32-27-42(20-17-34-66(2)39-43-18-9-5-10-19-43)36-51(52)64(62(68)73)55(60(71)67-35-33-48-37-53(75-3)54(76-4)38-49(48)40-67)57-61(72)77-58(46-25-15-8-16-26-46)56(45-23-13-7-14-24-45)69(57)59(64)47-28-30-50(70)31-29-47/h5-16,18-19,21-32,36-38,41,55-59,70H,33-35,39-40H2,1-4H3,(H,65,74). The van der Waals surface area contributed by atoms with E-state index in [-0.39, 0.29) is 24.5 Å². The first kappa shape index (κ1) is 50.5. The highest BCUT2D eigenvalue weighted by molar-refractivity contribution is 6.24. The van der Waals surface area contributed by atoms with Crippen molar-refractivity contribution in [2.75, 3.05) is 39.3 Å². The summed E-state index contributed by atoms with van der Waals surface area (Å²) in [6, 6.07) is 49.9. The second-order valence-corrected chi connectivity index (χ2v) is 20.3. The Morgan fingerprint density at radius 3 is 2.05 bits per heavy atom. The Bertz CT molecular complexity index is 3410. The van der Waals surface area contributed by atoms with Gasteiger partial charge in [0.1, 0.15) is 23.3 Å². The number of phenolic OH excluding ortho intramolecular Hbond substituents is 1. The van der Waals surface area contributed by atoms with Crippen molar-refractivity contribution in [3.05, 3.63) is 226 Å². The third kappa shape index (κ3) is 9.13. The summed E-state index contributed by atoms with van der Waals surface area (Å²) in [5.74, 6) is 4.40. The average molecular weight is 1030 g/mol. The first-order valence-corrected chi connectivity index (χ1v) is 25.9. The smallest absolute Gasteiger partial charge is 0.329 e. The van der Waals surface area contributed by atoms with Crippen LogP contribution in [0.15, 0.2) is 176 Å². The number of morpholine rings is 1. The molecule has 7 aromatic carbocycles. The van der Waals surface area contributed by atoms with Gasteiger partial charge in [0.25, 0.3) is 0 Å². The highest BCUT2D eigenvalue weighted by Crippen LogP contribution is 2.66. The number of fused-ring (bicyclic) bond motifs is 4. The summed E-state index contributed by atoms with van der Waals surface area (Å²) in [6.07, 6.45) is -0.469. The van der Waals surface area contributed by atoms with E-state index in [1.807, 2.05) is 146 Å². The van der Waals surface area contributed by atoms with E-state index in [1.54, 1.807) is 55.5 Å². The maximum absolute atomic E-state index is 17.0. The number of carbonyl (C=O) groups is 4. The third-order valence-corrected chi connectivity index (χ3v) is 15.7. The summed E-state index contributed by atoms with van der Waals surface area (Å²) in [4.78, 5) is 71.7. The maximum Gasteiger partial charge on any atom is 0.329 e. The molecule has 0 aliphatic carbocycles. The lowest BCUT2D eigenvalue weighted by Crippen LogP contribution is -2.57. The van der Waals surface area contributed by atoms with Crippen LogP contribution >= 0.6 is 0 Å². The minimum atomic E-state index is -2.02. The Hall–Kier alpha value is -8.70. The third-order valence-electron chi connectivity index (χ3n) is 15.7. The summed E-state index contributed by atoms with van der Waals surface area (Å²) in [7, 11) is 5.13. The molecule has 2 saturated heterocycles. The molecule has 13 nitrogen and oxygen atoms in total. The number of carbonyl (C=O) groups excluding carboxylic acids is 4. The molecule has 7 atom stereocenters. The summed E-state index contributed by atoms with van der Waals surface area (Å²) in [5, 5.41) is 14.1. The number of amides is 4. The number of anilines is 1. The van der Waals surface area contributed by atoms with Gasteiger partial charge in [0.05, 0.1) is 50.5 Å². The molecule has 0 radical (unpaired) electrons. The van der Waals surface area contributed by atoms with E-state index in [2.05, 4.69) is 34.2 Å². The molecule has 7 unspecified atom stereocenters. The Morgan fingerprint density at radius 2 is 1.39 bits per heavy atom. The van der Waals surface area contributed by atoms with Gasteiger partial charge in [0, 0.05) is 25.2 Å².